The SMILES string of the molecule is CC(C)(C)OC(=O)CC[C@@H](CO)NC(=O)c1cccc(CNC(=O)C2=C[C@H]3OC(C4CC4)(C4CC4)O[C@H]3[C@H](OC(=O)c3cccc(C=CC4CCC5OC5C4)c3)C2)c1. The average molecular weight is 797 g/mol. The fourth-order valence-corrected chi connectivity index (χ4v) is 8.68. The first-order chi connectivity index (χ1) is 27.9. The predicted octanol–water partition coefficient (Wildman–Crippen LogP) is 5.95. The third kappa shape index (κ3) is 9.73. The van der Waals surface area contributed by atoms with Gasteiger partial charge in [-0.25, -0.2) is 4.79 Å². The molecular formula is C46H56N2O10. The Morgan fingerprint density at radius 3 is 2.41 bits per heavy atom. The van der Waals surface area contributed by atoms with Crippen LogP contribution in [-0.2, 0) is 39.8 Å². The first kappa shape index (κ1) is 40.4. The van der Waals surface area contributed by atoms with Crippen LogP contribution in [0, 0.1) is 17.8 Å². The highest BCUT2D eigenvalue weighted by molar-refractivity contribution is 5.95. The van der Waals surface area contributed by atoms with E-state index in [1.807, 2.05) is 30.3 Å². The lowest BCUT2D eigenvalue weighted by atomic mass is 9.88. The Balaban J connectivity index is 0.910. The molecule has 0 radical (unpaired) electrons. The van der Waals surface area contributed by atoms with Crippen molar-refractivity contribution in [1.82, 2.24) is 10.6 Å². The number of hydrogen-bond acceptors (Lipinski definition) is 10. The number of carbonyl (C=O) groups excluding carboxylic acids is 4. The summed E-state index contributed by atoms with van der Waals surface area (Å²) in [7, 11) is 0. The van der Waals surface area contributed by atoms with Crippen LogP contribution in [0.2, 0.25) is 0 Å². The molecule has 2 amide bonds. The molecule has 5 fully saturated rings. The van der Waals surface area contributed by atoms with E-state index in [4.69, 9.17) is 23.7 Å². The van der Waals surface area contributed by atoms with Crippen LogP contribution in [0.5, 0.6) is 0 Å². The topological polar surface area (TPSA) is 162 Å². The van der Waals surface area contributed by atoms with Crippen molar-refractivity contribution >= 4 is 29.8 Å². The normalized spacial score (nSPS) is 27.8. The fourth-order valence-electron chi connectivity index (χ4n) is 8.68. The molecule has 2 aliphatic heterocycles. The van der Waals surface area contributed by atoms with E-state index in [0.29, 0.717) is 52.2 Å². The van der Waals surface area contributed by atoms with E-state index in [9.17, 15) is 24.3 Å². The van der Waals surface area contributed by atoms with E-state index in [1.54, 1.807) is 45.0 Å². The van der Waals surface area contributed by atoms with Crippen LogP contribution < -0.4 is 10.6 Å². The molecule has 2 heterocycles. The molecular weight excluding hydrogens is 741 g/mol. The van der Waals surface area contributed by atoms with Crippen LogP contribution in [-0.4, -0.2) is 83.4 Å². The van der Waals surface area contributed by atoms with Crippen molar-refractivity contribution in [3.8, 4) is 0 Å². The van der Waals surface area contributed by atoms with E-state index in [-0.39, 0.29) is 38.3 Å². The van der Waals surface area contributed by atoms with Crippen molar-refractivity contribution in [3.05, 3.63) is 88.5 Å². The summed E-state index contributed by atoms with van der Waals surface area (Å²) in [4.78, 5) is 52.9. The Hall–Kier alpha value is -4.36. The second-order valence-electron chi connectivity index (χ2n) is 17.9. The molecule has 3 N–H and O–H groups in total. The van der Waals surface area contributed by atoms with Gasteiger partial charge in [-0.3, -0.25) is 14.4 Å². The number of fused-ring (bicyclic) bond motifs is 2. The van der Waals surface area contributed by atoms with Crippen LogP contribution >= 0.6 is 0 Å². The smallest absolute Gasteiger partial charge is 0.338 e. The second-order valence-corrected chi connectivity index (χ2v) is 17.9. The summed E-state index contributed by atoms with van der Waals surface area (Å²) in [5.41, 5.74) is 2.21. The van der Waals surface area contributed by atoms with Crippen LogP contribution in [0.1, 0.15) is 117 Å². The molecule has 4 aliphatic carbocycles. The molecule has 0 bridgehead atoms. The van der Waals surface area contributed by atoms with Gasteiger partial charge in [-0.05, 0) is 120 Å². The van der Waals surface area contributed by atoms with E-state index in [2.05, 4.69) is 22.8 Å². The summed E-state index contributed by atoms with van der Waals surface area (Å²) in [5, 5.41) is 15.6. The lowest BCUT2D eigenvalue weighted by Gasteiger charge is -2.31. The number of nitrogens with one attached hydrogen (secondary N) is 2. The summed E-state index contributed by atoms with van der Waals surface area (Å²) in [6, 6.07) is 13.6. The Morgan fingerprint density at radius 2 is 1.69 bits per heavy atom. The summed E-state index contributed by atoms with van der Waals surface area (Å²) >= 11 is 0. The van der Waals surface area contributed by atoms with Gasteiger partial charge in [0.15, 0.2) is 5.79 Å². The third-order valence-corrected chi connectivity index (χ3v) is 12.0. The van der Waals surface area contributed by atoms with Gasteiger partial charge in [0, 0.05) is 42.4 Å². The number of ether oxygens (including phenoxy) is 5. The van der Waals surface area contributed by atoms with Gasteiger partial charge in [0.25, 0.3) is 5.91 Å². The summed E-state index contributed by atoms with van der Waals surface area (Å²) in [5.74, 6) is -1.29. The Kier molecular flexibility index (Phi) is 11.6. The van der Waals surface area contributed by atoms with Crippen molar-refractivity contribution in [2.24, 2.45) is 17.8 Å². The van der Waals surface area contributed by atoms with Gasteiger partial charge in [-0.1, -0.05) is 36.4 Å². The first-order valence-electron chi connectivity index (χ1n) is 21.1. The molecule has 12 heteroatoms. The van der Waals surface area contributed by atoms with E-state index in [0.717, 1.165) is 50.5 Å². The highest BCUT2D eigenvalue weighted by atomic mass is 16.8. The number of rotatable bonds is 15. The van der Waals surface area contributed by atoms with Crippen LogP contribution in [0.25, 0.3) is 6.08 Å². The van der Waals surface area contributed by atoms with Crippen LogP contribution in [0.3, 0.4) is 0 Å². The Bertz CT molecular complexity index is 1930. The van der Waals surface area contributed by atoms with Crippen molar-refractivity contribution in [2.45, 2.75) is 139 Å². The molecule has 12 nitrogen and oxygen atoms in total. The van der Waals surface area contributed by atoms with Gasteiger partial charge in [0.05, 0.1) is 30.4 Å². The van der Waals surface area contributed by atoms with Crippen molar-refractivity contribution in [1.29, 1.82) is 0 Å². The fraction of sp³-hybridized carbons (Fsp3) is 0.565. The minimum Gasteiger partial charge on any atom is -0.460 e. The lowest BCUT2D eigenvalue weighted by Crippen LogP contribution is -2.44. The van der Waals surface area contributed by atoms with Crippen LogP contribution in [0.4, 0.5) is 0 Å². The number of aliphatic hydroxyl groups is 1. The average Bonchev–Trinajstić information content (AvgIpc) is 4.07. The lowest BCUT2D eigenvalue weighted by molar-refractivity contribution is -0.209. The number of hydrogen-bond donors (Lipinski definition) is 3. The van der Waals surface area contributed by atoms with Gasteiger partial charge < -0.3 is 39.4 Å². The minimum atomic E-state index is -0.739. The van der Waals surface area contributed by atoms with Crippen molar-refractivity contribution in [2.75, 3.05) is 6.61 Å². The molecule has 7 atom stereocenters. The molecule has 3 unspecified atom stereocenters. The molecule has 2 saturated heterocycles. The zero-order valence-corrected chi connectivity index (χ0v) is 33.7. The Morgan fingerprint density at radius 1 is 0.931 bits per heavy atom. The van der Waals surface area contributed by atoms with Gasteiger partial charge in [0.2, 0.25) is 5.91 Å². The maximum atomic E-state index is 13.8. The maximum absolute atomic E-state index is 13.8. The summed E-state index contributed by atoms with van der Waals surface area (Å²) in [6.07, 6.45) is 12.9. The molecule has 8 rings (SSSR count). The minimum absolute atomic E-state index is 0.0497. The number of amides is 2. The van der Waals surface area contributed by atoms with Crippen molar-refractivity contribution < 1.29 is 48.0 Å². The van der Waals surface area contributed by atoms with Gasteiger partial charge in [-0.2, -0.15) is 0 Å². The van der Waals surface area contributed by atoms with Gasteiger partial charge >= 0.3 is 11.9 Å². The molecule has 6 aliphatic rings. The quantitative estimate of drug-likeness (QED) is 0.145. The second kappa shape index (κ2) is 16.7. The van der Waals surface area contributed by atoms with Crippen LogP contribution in [0.15, 0.2) is 66.3 Å². The summed E-state index contributed by atoms with van der Waals surface area (Å²) < 4.78 is 30.8. The molecule has 310 valence electrons. The van der Waals surface area contributed by atoms with Gasteiger partial charge in [-0.15, -0.1) is 0 Å². The number of aliphatic hydroxyl groups excluding tert-OH is 1. The highest BCUT2D eigenvalue weighted by Gasteiger charge is 2.64. The monoisotopic (exact) mass is 796 g/mol. The zero-order valence-electron chi connectivity index (χ0n) is 33.7. The Labute approximate surface area is 340 Å². The molecule has 0 spiro atoms. The molecule has 3 saturated carbocycles. The number of benzene rings is 2. The van der Waals surface area contributed by atoms with Crippen molar-refractivity contribution in [3.63, 3.8) is 0 Å². The first-order valence-corrected chi connectivity index (χ1v) is 21.1. The number of allylic oxidation sites excluding steroid dienone is 1. The third-order valence-electron chi connectivity index (χ3n) is 12.0. The molecule has 2 aromatic carbocycles. The molecule has 58 heavy (non-hydrogen) atoms. The largest absolute Gasteiger partial charge is 0.460 e. The highest BCUT2D eigenvalue weighted by Crippen LogP contribution is 2.59. The predicted molar refractivity (Wildman–Crippen MR) is 213 cm³/mol. The van der Waals surface area contributed by atoms with E-state index in [1.165, 1.54) is 0 Å². The number of carbonyl (C=O) groups is 4. The number of epoxide rings is 1. The zero-order chi connectivity index (χ0) is 40.6. The summed E-state index contributed by atoms with van der Waals surface area (Å²) in [6.45, 7) is 5.15. The van der Waals surface area contributed by atoms with E-state index < -0.39 is 53.6 Å². The molecule has 2 aromatic rings. The van der Waals surface area contributed by atoms with E-state index >= 15 is 0 Å². The standard InChI is InChI=1S/C46H56N2O10/c1-45(2,3)57-40(50)19-17-35(26-49)48-43(52)30-8-5-7-29(21-30)25-47-42(51)32-23-38(41-39(24-32)56-46(58-41,33-13-14-33)34-15-16-34)55-44(53)31-9-4-6-27(20-31)10-11-28-12-18-36-37(22-28)54-36/h4-11,20-21,24,28,33-39,41,49H,12-19,22-23,25-26H2,1-3H3,(H,47,51)(H,48,52)/t28?,35-,36?,37?,38+,39+,41-/m0/s1. The molecule has 0 aromatic heterocycles. The number of esters is 2. The maximum Gasteiger partial charge on any atom is 0.338 e. The van der Waals surface area contributed by atoms with Gasteiger partial charge in [0.1, 0.15) is 23.9 Å².